The molecule has 3 rings (SSSR count). The van der Waals surface area contributed by atoms with E-state index in [9.17, 15) is 4.79 Å². The van der Waals surface area contributed by atoms with Crippen molar-refractivity contribution in [2.75, 3.05) is 13.1 Å². The van der Waals surface area contributed by atoms with Crippen LogP contribution in [0, 0.1) is 6.92 Å². The summed E-state index contributed by atoms with van der Waals surface area (Å²) in [5, 5.41) is 0. The Bertz CT molecular complexity index is 678. The first-order valence-corrected chi connectivity index (χ1v) is 8.96. The third-order valence-electron chi connectivity index (χ3n) is 5.11. The van der Waals surface area contributed by atoms with Crippen molar-refractivity contribution in [1.29, 1.82) is 0 Å². The molecule has 1 aromatic carbocycles. The van der Waals surface area contributed by atoms with Crippen LogP contribution in [0.5, 0.6) is 0 Å². The SMILES string of the molecule is Cc1cc(C2=CCN(C(=O)OC(C)(C)C)CC2)ccc1C1(C)CC1. The zero-order chi connectivity index (χ0) is 17.5. The molecule has 1 fully saturated rings. The van der Waals surface area contributed by atoms with Crippen LogP contribution in [0.15, 0.2) is 24.3 Å². The number of aryl methyl sites for hydroxylation is 1. The molecule has 1 aliphatic carbocycles. The van der Waals surface area contributed by atoms with Crippen molar-refractivity contribution in [3.8, 4) is 0 Å². The highest BCUT2D eigenvalue weighted by Gasteiger charge is 2.39. The highest BCUT2D eigenvalue weighted by atomic mass is 16.6. The Morgan fingerprint density at radius 1 is 1.25 bits per heavy atom. The van der Waals surface area contributed by atoms with E-state index in [0.29, 0.717) is 12.0 Å². The molecule has 2 aliphatic rings. The van der Waals surface area contributed by atoms with Crippen LogP contribution in [0.1, 0.15) is 63.6 Å². The Morgan fingerprint density at radius 2 is 1.96 bits per heavy atom. The second-order valence-electron chi connectivity index (χ2n) is 8.50. The molecule has 1 saturated carbocycles. The second-order valence-corrected chi connectivity index (χ2v) is 8.50. The van der Waals surface area contributed by atoms with E-state index in [4.69, 9.17) is 4.74 Å². The standard InChI is InChI=1S/C21H29NO2/c1-15-14-17(6-7-18(15)21(5)10-11-21)16-8-12-22(13-9-16)19(23)24-20(2,3)4/h6-8,14H,9-13H2,1-5H3. The average molecular weight is 327 g/mol. The minimum Gasteiger partial charge on any atom is -0.444 e. The largest absolute Gasteiger partial charge is 0.444 e. The smallest absolute Gasteiger partial charge is 0.410 e. The first-order valence-electron chi connectivity index (χ1n) is 8.96. The summed E-state index contributed by atoms with van der Waals surface area (Å²) >= 11 is 0. The number of carbonyl (C=O) groups is 1. The Hall–Kier alpha value is -1.77. The van der Waals surface area contributed by atoms with Crippen molar-refractivity contribution < 1.29 is 9.53 Å². The number of benzene rings is 1. The van der Waals surface area contributed by atoms with Crippen molar-refractivity contribution in [3.05, 3.63) is 41.0 Å². The van der Waals surface area contributed by atoms with E-state index in [1.807, 2.05) is 20.8 Å². The molecule has 24 heavy (non-hydrogen) atoms. The maximum absolute atomic E-state index is 12.1. The lowest BCUT2D eigenvalue weighted by Gasteiger charge is -2.29. The van der Waals surface area contributed by atoms with Gasteiger partial charge in [-0.25, -0.2) is 4.79 Å². The summed E-state index contributed by atoms with van der Waals surface area (Å²) in [5.41, 5.74) is 5.50. The van der Waals surface area contributed by atoms with Gasteiger partial charge in [-0.05, 0) is 74.6 Å². The van der Waals surface area contributed by atoms with Crippen LogP contribution in [0.3, 0.4) is 0 Å². The van der Waals surface area contributed by atoms with E-state index in [-0.39, 0.29) is 6.09 Å². The molecule has 0 spiro atoms. The fourth-order valence-corrected chi connectivity index (χ4v) is 3.42. The maximum Gasteiger partial charge on any atom is 0.410 e. The van der Waals surface area contributed by atoms with Gasteiger partial charge in [-0.3, -0.25) is 0 Å². The lowest BCUT2D eigenvalue weighted by atomic mass is 9.90. The summed E-state index contributed by atoms with van der Waals surface area (Å²) in [7, 11) is 0. The number of amides is 1. The Balaban J connectivity index is 1.69. The Kier molecular flexibility index (Phi) is 4.23. The zero-order valence-corrected chi connectivity index (χ0v) is 15.6. The highest BCUT2D eigenvalue weighted by Crippen LogP contribution is 2.49. The predicted octanol–water partition coefficient (Wildman–Crippen LogP) is 5.07. The van der Waals surface area contributed by atoms with Crippen molar-refractivity contribution >= 4 is 11.7 Å². The molecule has 1 amide bonds. The second kappa shape index (κ2) is 5.94. The third kappa shape index (κ3) is 3.66. The van der Waals surface area contributed by atoms with E-state index in [1.54, 1.807) is 4.90 Å². The van der Waals surface area contributed by atoms with Gasteiger partial charge in [0, 0.05) is 13.1 Å². The molecule has 1 heterocycles. The fraction of sp³-hybridized carbons (Fsp3) is 0.571. The molecule has 1 aromatic rings. The normalized spacial score (nSPS) is 19.7. The summed E-state index contributed by atoms with van der Waals surface area (Å²) in [6.45, 7) is 11.6. The van der Waals surface area contributed by atoms with Crippen molar-refractivity contribution in [2.45, 2.75) is 64.9 Å². The number of nitrogens with zero attached hydrogens (tertiary/aromatic N) is 1. The molecule has 1 aliphatic heterocycles. The molecular formula is C21H29NO2. The Morgan fingerprint density at radius 3 is 2.46 bits per heavy atom. The van der Waals surface area contributed by atoms with Crippen molar-refractivity contribution in [3.63, 3.8) is 0 Å². The highest BCUT2D eigenvalue weighted by molar-refractivity contribution is 5.73. The first-order chi connectivity index (χ1) is 11.2. The van der Waals surface area contributed by atoms with Crippen LogP contribution >= 0.6 is 0 Å². The minimum absolute atomic E-state index is 0.217. The molecule has 0 radical (unpaired) electrons. The number of rotatable bonds is 2. The molecule has 0 N–H and O–H groups in total. The molecule has 3 heteroatoms. The number of hydrogen-bond acceptors (Lipinski definition) is 2. The van der Waals surface area contributed by atoms with Crippen LogP contribution in [0.25, 0.3) is 5.57 Å². The topological polar surface area (TPSA) is 29.5 Å². The third-order valence-corrected chi connectivity index (χ3v) is 5.11. The molecule has 0 unspecified atom stereocenters. The number of ether oxygens (including phenoxy) is 1. The van der Waals surface area contributed by atoms with Gasteiger partial charge in [0.1, 0.15) is 5.60 Å². The van der Waals surface area contributed by atoms with Gasteiger partial charge < -0.3 is 9.64 Å². The van der Waals surface area contributed by atoms with E-state index in [1.165, 1.54) is 35.1 Å². The van der Waals surface area contributed by atoms with Gasteiger partial charge in [0.05, 0.1) is 0 Å². The predicted molar refractivity (Wildman–Crippen MR) is 98.2 cm³/mol. The van der Waals surface area contributed by atoms with Crippen LogP contribution in [0.2, 0.25) is 0 Å². The quantitative estimate of drug-likeness (QED) is 0.759. The lowest BCUT2D eigenvalue weighted by Crippen LogP contribution is -2.39. The molecular weight excluding hydrogens is 298 g/mol. The van der Waals surface area contributed by atoms with Gasteiger partial charge in [-0.1, -0.05) is 31.2 Å². The zero-order valence-electron chi connectivity index (χ0n) is 15.6. The summed E-state index contributed by atoms with van der Waals surface area (Å²) in [6.07, 6.45) is 5.45. The monoisotopic (exact) mass is 327 g/mol. The number of hydrogen-bond donors (Lipinski definition) is 0. The van der Waals surface area contributed by atoms with Gasteiger partial charge >= 0.3 is 6.09 Å². The average Bonchev–Trinajstić information content (AvgIpc) is 3.24. The van der Waals surface area contributed by atoms with E-state index in [0.717, 1.165) is 13.0 Å². The number of carbonyl (C=O) groups excluding carboxylic acids is 1. The van der Waals surface area contributed by atoms with Crippen molar-refractivity contribution in [1.82, 2.24) is 4.90 Å². The lowest BCUT2D eigenvalue weighted by molar-refractivity contribution is 0.0270. The van der Waals surface area contributed by atoms with E-state index in [2.05, 4.69) is 38.1 Å². The molecule has 0 saturated heterocycles. The first kappa shape index (κ1) is 17.1. The van der Waals surface area contributed by atoms with Crippen LogP contribution < -0.4 is 0 Å². The van der Waals surface area contributed by atoms with Crippen LogP contribution in [0.4, 0.5) is 4.79 Å². The molecule has 130 valence electrons. The summed E-state index contributed by atoms with van der Waals surface area (Å²) in [6, 6.07) is 6.87. The molecule has 3 nitrogen and oxygen atoms in total. The maximum atomic E-state index is 12.1. The van der Waals surface area contributed by atoms with Gasteiger partial charge in [0.25, 0.3) is 0 Å². The summed E-state index contributed by atoms with van der Waals surface area (Å²) < 4.78 is 5.46. The summed E-state index contributed by atoms with van der Waals surface area (Å²) in [4.78, 5) is 13.9. The van der Waals surface area contributed by atoms with Gasteiger partial charge in [0.2, 0.25) is 0 Å². The summed E-state index contributed by atoms with van der Waals surface area (Å²) in [5.74, 6) is 0. The van der Waals surface area contributed by atoms with Gasteiger partial charge in [-0.2, -0.15) is 0 Å². The fourth-order valence-electron chi connectivity index (χ4n) is 3.42. The van der Waals surface area contributed by atoms with Crippen molar-refractivity contribution in [2.24, 2.45) is 0 Å². The van der Waals surface area contributed by atoms with E-state index >= 15 is 0 Å². The molecule has 0 aromatic heterocycles. The van der Waals surface area contributed by atoms with Gasteiger partial charge in [-0.15, -0.1) is 0 Å². The minimum atomic E-state index is -0.438. The molecule has 0 atom stereocenters. The Labute approximate surface area is 145 Å². The van der Waals surface area contributed by atoms with E-state index < -0.39 is 5.60 Å². The van der Waals surface area contributed by atoms with Crippen LogP contribution in [-0.4, -0.2) is 29.7 Å². The van der Waals surface area contributed by atoms with Gasteiger partial charge in [0.15, 0.2) is 0 Å². The van der Waals surface area contributed by atoms with Crippen LogP contribution in [-0.2, 0) is 10.2 Å². The molecule has 0 bridgehead atoms.